The van der Waals surface area contributed by atoms with E-state index >= 15 is 0 Å². The molecule has 0 N–H and O–H groups in total. The first-order chi connectivity index (χ1) is 11.2. The van der Waals surface area contributed by atoms with Crippen LogP contribution in [-0.4, -0.2) is 6.61 Å². The predicted octanol–water partition coefficient (Wildman–Crippen LogP) is 4.94. The van der Waals surface area contributed by atoms with Crippen molar-refractivity contribution in [2.75, 3.05) is 6.61 Å². The molecule has 0 bridgehead atoms. The molecule has 0 aromatic heterocycles. The van der Waals surface area contributed by atoms with Gasteiger partial charge in [-0.1, -0.05) is 36.4 Å². The van der Waals surface area contributed by atoms with Gasteiger partial charge in [0.15, 0.2) is 0 Å². The maximum absolute atomic E-state index is 13.4. The smallest absolute Gasteiger partial charge is 0.261 e. The summed E-state index contributed by atoms with van der Waals surface area (Å²) >= 11 is 0. The minimum absolute atomic E-state index is 0.408. The van der Waals surface area contributed by atoms with Crippen molar-refractivity contribution in [3.05, 3.63) is 60.1 Å². The number of hydrogen-bond acceptors (Lipinski definition) is 3. The van der Waals surface area contributed by atoms with Gasteiger partial charge in [0, 0.05) is 11.7 Å². The van der Waals surface area contributed by atoms with Crippen molar-refractivity contribution >= 4 is 12.7 Å². The second kappa shape index (κ2) is 5.67. The topological polar surface area (TPSA) is 35.5 Å². The van der Waals surface area contributed by atoms with Crippen molar-refractivity contribution < 1.29 is 13.8 Å². The van der Waals surface area contributed by atoms with E-state index in [9.17, 15) is 4.57 Å². The van der Waals surface area contributed by atoms with E-state index < -0.39 is 7.37 Å². The molecule has 0 radical (unpaired) electrons. The molecular formula is C19H19O3P. The Morgan fingerprint density at radius 3 is 2.61 bits per heavy atom. The average Bonchev–Trinajstić information content (AvgIpc) is 3.40. The lowest BCUT2D eigenvalue weighted by Crippen LogP contribution is -2.17. The van der Waals surface area contributed by atoms with Crippen LogP contribution in [0.1, 0.15) is 19.8 Å². The van der Waals surface area contributed by atoms with Crippen LogP contribution in [0.25, 0.3) is 11.1 Å². The van der Waals surface area contributed by atoms with Gasteiger partial charge in [-0.25, -0.2) is 0 Å². The van der Waals surface area contributed by atoms with Crippen molar-refractivity contribution in [3.63, 3.8) is 0 Å². The van der Waals surface area contributed by atoms with E-state index in [1.165, 1.54) is 0 Å². The van der Waals surface area contributed by atoms with Crippen molar-refractivity contribution in [3.8, 4) is 16.9 Å². The number of allylic oxidation sites excluding steroid dienone is 1. The molecule has 4 heteroatoms. The molecule has 2 aromatic rings. The van der Waals surface area contributed by atoms with Gasteiger partial charge < -0.3 is 9.26 Å². The van der Waals surface area contributed by atoms with Crippen LogP contribution >= 0.6 is 7.37 Å². The fourth-order valence-corrected chi connectivity index (χ4v) is 4.98. The Kier molecular flexibility index (Phi) is 3.63. The van der Waals surface area contributed by atoms with Crippen LogP contribution in [0.2, 0.25) is 0 Å². The Labute approximate surface area is 136 Å². The van der Waals surface area contributed by atoms with E-state index in [0.717, 1.165) is 29.7 Å². The Morgan fingerprint density at radius 1 is 1.13 bits per heavy atom. The van der Waals surface area contributed by atoms with Crippen LogP contribution in [-0.2, 0) is 9.09 Å². The monoisotopic (exact) mass is 326 g/mol. The third-order valence-corrected chi connectivity index (χ3v) is 6.48. The molecule has 0 spiro atoms. The van der Waals surface area contributed by atoms with Crippen molar-refractivity contribution in [1.29, 1.82) is 0 Å². The first-order valence-corrected chi connectivity index (χ1v) is 9.74. The number of hydrogen-bond donors (Lipinski definition) is 0. The lowest BCUT2D eigenvalue weighted by molar-refractivity contribution is 0.337. The first kappa shape index (κ1) is 14.7. The number of fused-ring (bicyclic) bond motifs is 1. The SMILES string of the molecule is CCOP1(=O)C=C(C2CC2)Oc2ccc(-c3ccccc3)cc21. The summed E-state index contributed by atoms with van der Waals surface area (Å²) in [4.78, 5) is 0. The van der Waals surface area contributed by atoms with Gasteiger partial charge in [0.1, 0.15) is 11.5 Å². The van der Waals surface area contributed by atoms with E-state index in [1.54, 1.807) is 5.82 Å². The molecule has 118 valence electrons. The van der Waals surface area contributed by atoms with E-state index in [-0.39, 0.29) is 0 Å². The highest BCUT2D eigenvalue weighted by molar-refractivity contribution is 7.70. The maximum Gasteiger partial charge on any atom is 0.261 e. The van der Waals surface area contributed by atoms with Crippen LogP contribution in [0.3, 0.4) is 0 Å². The Hall–Kier alpha value is -1.83. The molecule has 1 aliphatic heterocycles. The largest absolute Gasteiger partial charge is 0.460 e. The first-order valence-electron chi connectivity index (χ1n) is 8.04. The standard InChI is InChI=1S/C19H19O3P/c1-2-21-23(20)13-18(15-8-9-15)22-17-11-10-16(12-19(17)23)14-6-4-3-5-7-14/h3-7,10-13,15H,2,8-9H2,1H3. The summed E-state index contributed by atoms with van der Waals surface area (Å²) in [6.07, 6.45) is 2.21. The van der Waals surface area contributed by atoms with Gasteiger partial charge in [-0.3, -0.25) is 4.57 Å². The van der Waals surface area contributed by atoms with Gasteiger partial charge in [-0.2, -0.15) is 0 Å². The van der Waals surface area contributed by atoms with Gasteiger partial charge in [0.05, 0.1) is 11.9 Å². The summed E-state index contributed by atoms with van der Waals surface area (Å²) < 4.78 is 25.1. The van der Waals surface area contributed by atoms with E-state index in [4.69, 9.17) is 9.26 Å². The highest BCUT2D eigenvalue weighted by atomic mass is 31.2. The highest BCUT2D eigenvalue weighted by Crippen LogP contribution is 2.56. The molecule has 2 aliphatic rings. The zero-order valence-electron chi connectivity index (χ0n) is 13.1. The summed E-state index contributed by atoms with van der Waals surface area (Å²) in [7, 11) is -3.01. The van der Waals surface area contributed by atoms with Crippen molar-refractivity contribution in [2.24, 2.45) is 5.92 Å². The quantitative estimate of drug-likeness (QED) is 0.747. The molecule has 1 saturated carbocycles. The van der Waals surface area contributed by atoms with E-state index in [0.29, 0.717) is 23.6 Å². The molecule has 1 unspecified atom stereocenters. The summed E-state index contributed by atoms with van der Waals surface area (Å²) in [6, 6.07) is 15.9. The minimum atomic E-state index is -3.01. The highest BCUT2D eigenvalue weighted by Gasteiger charge is 2.38. The molecule has 1 fully saturated rings. The third kappa shape index (κ3) is 2.75. The second-order valence-electron chi connectivity index (χ2n) is 5.97. The minimum Gasteiger partial charge on any atom is -0.460 e. The van der Waals surface area contributed by atoms with E-state index in [2.05, 4.69) is 0 Å². The third-order valence-electron chi connectivity index (χ3n) is 4.23. The zero-order chi connectivity index (χ0) is 15.9. The second-order valence-corrected chi connectivity index (χ2v) is 8.16. The van der Waals surface area contributed by atoms with Crippen LogP contribution in [0, 0.1) is 5.92 Å². The summed E-state index contributed by atoms with van der Waals surface area (Å²) in [5, 5.41) is 0.671. The normalized spacial score (nSPS) is 22.9. The Bertz CT molecular complexity index is 807. The molecule has 0 amide bonds. The fourth-order valence-electron chi connectivity index (χ4n) is 2.90. The lowest BCUT2D eigenvalue weighted by atomic mass is 10.1. The molecule has 0 saturated heterocycles. The number of ether oxygens (including phenoxy) is 1. The molecular weight excluding hydrogens is 307 g/mol. The predicted molar refractivity (Wildman–Crippen MR) is 92.2 cm³/mol. The molecule has 2 aromatic carbocycles. The molecule has 1 atom stereocenters. The lowest BCUT2D eigenvalue weighted by Gasteiger charge is -2.25. The van der Waals surface area contributed by atoms with Crippen molar-refractivity contribution in [1.82, 2.24) is 0 Å². The van der Waals surface area contributed by atoms with Crippen LogP contribution in [0.5, 0.6) is 5.75 Å². The Balaban J connectivity index is 1.81. The molecule has 23 heavy (non-hydrogen) atoms. The Morgan fingerprint density at radius 2 is 1.91 bits per heavy atom. The van der Waals surface area contributed by atoms with Gasteiger partial charge >= 0.3 is 0 Å². The van der Waals surface area contributed by atoms with E-state index in [1.807, 2.05) is 55.5 Å². The van der Waals surface area contributed by atoms with Gasteiger partial charge in [-0.05, 0) is 43.0 Å². The van der Waals surface area contributed by atoms with Gasteiger partial charge in [0.2, 0.25) is 0 Å². The van der Waals surface area contributed by atoms with Crippen LogP contribution in [0.15, 0.2) is 60.1 Å². The van der Waals surface area contributed by atoms with Gasteiger partial charge in [0.25, 0.3) is 7.37 Å². The summed E-state index contributed by atoms with van der Waals surface area (Å²) in [5.74, 6) is 3.64. The van der Waals surface area contributed by atoms with Crippen LogP contribution < -0.4 is 10.0 Å². The molecule has 3 nitrogen and oxygen atoms in total. The number of rotatable bonds is 4. The fraction of sp³-hybridized carbons (Fsp3) is 0.263. The molecule has 4 rings (SSSR count). The zero-order valence-corrected chi connectivity index (χ0v) is 14.0. The van der Waals surface area contributed by atoms with Crippen molar-refractivity contribution in [2.45, 2.75) is 19.8 Å². The number of benzene rings is 2. The van der Waals surface area contributed by atoms with Crippen LogP contribution in [0.4, 0.5) is 0 Å². The molecule has 1 aliphatic carbocycles. The van der Waals surface area contributed by atoms with Gasteiger partial charge in [-0.15, -0.1) is 0 Å². The summed E-state index contributed by atoms with van der Waals surface area (Å²) in [5.41, 5.74) is 2.12. The maximum atomic E-state index is 13.4. The summed E-state index contributed by atoms with van der Waals surface area (Å²) in [6.45, 7) is 2.29. The molecule has 1 heterocycles. The average molecular weight is 326 g/mol.